The molecular weight excluding hydrogens is 254 g/mol. The molecular formula is C15H25N3O2. The van der Waals surface area contributed by atoms with Crippen LogP contribution in [0.4, 0.5) is 11.4 Å². The van der Waals surface area contributed by atoms with Gasteiger partial charge in [0.15, 0.2) is 0 Å². The van der Waals surface area contributed by atoms with Gasteiger partial charge < -0.3 is 16.2 Å². The molecule has 0 aliphatic rings. The van der Waals surface area contributed by atoms with Crippen molar-refractivity contribution >= 4 is 17.3 Å². The highest BCUT2D eigenvalue weighted by atomic mass is 16.3. The van der Waals surface area contributed by atoms with Gasteiger partial charge in [-0.15, -0.1) is 0 Å². The summed E-state index contributed by atoms with van der Waals surface area (Å²) < 4.78 is 0. The average molecular weight is 279 g/mol. The lowest BCUT2D eigenvalue weighted by Gasteiger charge is -2.31. The minimum Gasteiger partial charge on any atom is -0.399 e. The lowest BCUT2D eigenvalue weighted by Crippen LogP contribution is -2.47. The van der Waals surface area contributed by atoms with Gasteiger partial charge >= 0.3 is 0 Å². The first-order valence-corrected chi connectivity index (χ1v) is 6.90. The van der Waals surface area contributed by atoms with Crippen LogP contribution < -0.4 is 11.1 Å². The first-order valence-electron chi connectivity index (χ1n) is 6.90. The van der Waals surface area contributed by atoms with E-state index in [1.165, 1.54) is 0 Å². The Labute approximate surface area is 120 Å². The van der Waals surface area contributed by atoms with Crippen LogP contribution >= 0.6 is 0 Å². The van der Waals surface area contributed by atoms with Crippen LogP contribution in [0.1, 0.15) is 26.3 Å². The Morgan fingerprint density at radius 1 is 1.40 bits per heavy atom. The summed E-state index contributed by atoms with van der Waals surface area (Å²) in [5.41, 5.74) is 8.08. The first-order chi connectivity index (χ1) is 9.36. The quantitative estimate of drug-likeness (QED) is 0.691. The molecule has 1 rings (SSSR count). The van der Waals surface area contributed by atoms with E-state index in [1.807, 2.05) is 38.7 Å². The number of aliphatic hydroxyl groups excluding tert-OH is 1. The number of nitrogens with zero attached hydrogens (tertiary/aromatic N) is 1. The van der Waals surface area contributed by atoms with Gasteiger partial charge in [-0.3, -0.25) is 9.69 Å². The van der Waals surface area contributed by atoms with E-state index in [0.717, 1.165) is 11.3 Å². The molecule has 0 radical (unpaired) electrons. The molecule has 1 atom stereocenters. The molecule has 112 valence electrons. The summed E-state index contributed by atoms with van der Waals surface area (Å²) in [7, 11) is 0. The number of aryl methyl sites for hydroxylation is 1. The van der Waals surface area contributed by atoms with Crippen molar-refractivity contribution in [3.8, 4) is 0 Å². The van der Waals surface area contributed by atoms with Crippen LogP contribution in [0.25, 0.3) is 0 Å². The normalized spacial score (nSPS) is 12.8. The van der Waals surface area contributed by atoms with Crippen molar-refractivity contribution in [1.82, 2.24) is 4.90 Å². The first kappa shape index (κ1) is 16.5. The fraction of sp³-hybridized carbons (Fsp3) is 0.533. The summed E-state index contributed by atoms with van der Waals surface area (Å²) in [6.07, 6.45) is 0. The van der Waals surface area contributed by atoms with Crippen molar-refractivity contribution in [2.45, 2.75) is 39.8 Å². The molecule has 5 heteroatoms. The topological polar surface area (TPSA) is 78.6 Å². The van der Waals surface area contributed by atoms with E-state index < -0.39 is 0 Å². The highest BCUT2D eigenvalue weighted by molar-refractivity contribution is 5.95. The van der Waals surface area contributed by atoms with E-state index >= 15 is 0 Å². The van der Waals surface area contributed by atoms with E-state index in [2.05, 4.69) is 5.32 Å². The molecule has 0 saturated carbocycles. The van der Waals surface area contributed by atoms with Gasteiger partial charge in [0.1, 0.15) is 0 Å². The highest BCUT2D eigenvalue weighted by Crippen LogP contribution is 2.18. The third-order valence-electron chi connectivity index (χ3n) is 3.41. The number of carbonyl (C=O) groups excluding carboxylic acids is 1. The summed E-state index contributed by atoms with van der Waals surface area (Å²) in [5, 5.41) is 12.0. The number of aliphatic hydroxyl groups is 1. The van der Waals surface area contributed by atoms with Crippen LogP contribution in [0.3, 0.4) is 0 Å². The van der Waals surface area contributed by atoms with Crippen molar-refractivity contribution in [3.05, 3.63) is 23.8 Å². The zero-order chi connectivity index (χ0) is 15.3. The van der Waals surface area contributed by atoms with Crippen molar-refractivity contribution in [2.24, 2.45) is 0 Å². The number of nitrogens with two attached hydrogens (primary N) is 1. The predicted molar refractivity (Wildman–Crippen MR) is 82.6 cm³/mol. The van der Waals surface area contributed by atoms with Crippen LogP contribution in [0.15, 0.2) is 18.2 Å². The second-order valence-corrected chi connectivity index (χ2v) is 5.29. The van der Waals surface area contributed by atoms with Crippen LogP contribution in [0, 0.1) is 6.92 Å². The fourth-order valence-corrected chi connectivity index (χ4v) is 2.23. The number of nitrogen functional groups attached to an aromatic ring is 1. The number of hydrogen-bond donors (Lipinski definition) is 3. The summed E-state index contributed by atoms with van der Waals surface area (Å²) in [4.78, 5) is 14.3. The third kappa shape index (κ3) is 4.21. The number of amides is 1. The van der Waals surface area contributed by atoms with Crippen LogP contribution in [0.2, 0.25) is 0 Å². The molecule has 0 aromatic heterocycles. The van der Waals surface area contributed by atoms with Gasteiger partial charge in [-0.25, -0.2) is 0 Å². The van der Waals surface area contributed by atoms with E-state index in [4.69, 9.17) is 10.8 Å². The van der Waals surface area contributed by atoms with Gasteiger partial charge in [0.2, 0.25) is 5.91 Å². The summed E-state index contributed by atoms with van der Waals surface area (Å²) in [6, 6.07) is 5.28. The van der Waals surface area contributed by atoms with Crippen LogP contribution in [0.5, 0.6) is 0 Å². The van der Waals surface area contributed by atoms with Crippen LogP contribution in [-0.2, 0) is 4.79 Å². The number of nitrogens with one attached hydrogen (secondary N) is 1. The second kappa shape index (κ2) is 7.26. The fourth-order valence-electron chi connectivity index (χ4n) is 2.23. The van der Waals surface area contributed by atoms with Gasteiger partial charge in [-0.05, 0) is 51.5 Å². The Hall–Kier alpha value is -1.59. The Kier molecular flexibility index (Phi) is 5.98. The molecule has 0 aliphatic heterocycles. The Morgan fingerprint density at radius 2 is 2.05 bits per heavy atom. The minimum absolute atomic E-state index is 0.0384. The molecule has 1 aromatic rings. The number of anilines is 2. The maximum absolute atomic E-state index is 12.3. The Bertz CT molecular complexity index is 460. The summed E-state index contributed by atoms with van der Waals surface area (Å²) in [5.74, 6) is -0.0833. The SMILES string of the molecule is Cc1cc(N)ccc1NC(=O)C(C)N(CCO)C(C)C. The number of rotatable bonds is 6. The van der Waals surface area contributed by atoms with Crippen molar-refractivity contribution in [1.29, 1.82) is 0 Å². The summed E-state index contributed by atoms with van der Waals surface area (Å²) >= 11 is 0. The van der Waals surface area contributed by atoms with Gasteiger partial charge in [-0.1, -0.05) is 0 Å². The molecule has 1 amide bonds. The number of hydrogen-bond acceptors (Lipinski definition) is 4. The lowest BCUT2D eigenvalue weighted by atomic mass is 10.1. The Balaban J connectivity index is 2.78. The monoisotopic (exact) mass is 279 g/mol. The van der Waals surface area contributed by atoms with Gasteiger partial charge in [-0.2, -0.15) is 0 Å². The third-order valence-corrected chi connectivity index (χ3v) is 3.41. The van der Waals surface area contributed by atoms with E-state index in [9.17, 15) is 4.79 Å². The Morgan fingerprint density at radius 3 is 2.55 bits per heavy atom. The maximum atomic E-state index is 12.3. The van der Waals surface area contributed by atoms with E-state index in [1.54, 1.807) is 12.1 Å². The molecule has 0 fully saturated rings. The average Bonchev–Trinajstić information content (AvgIpc) is 2.38. The number of benzene rings is 1. The van der Waals surface area contributed by atoms with Gasteiger partial charge in [0.25, 0.3) is 0 Å². The molecule has 4 N–H and O–H groups in total. The van der Waals surface area contributed by atoms with Crippen molar-refractivity contribution in [3.63, 3.8) is 0 Å². The molecule has 0 heterocycles. The minimum atomic E-state index is -0.306. The zero-order valence-electron chi connectivity index (χ0n) is 12.7. The predicted octanol–water partition coefficient (Wildman–Crippen LogP) is 1.61. The number of carbonyl (C=O) groups is 1. The van der Waals surface area contributed by atoms with Crippen molar-refractivity contribution < 1.29 is 9.90 Å². The lowest BCUT2D eigenvalue weighted by molar-refractivity contribution is -0.121. The second-order valence-electron chi connectivity index (χ2n) is 5.29. The molecule has 0 spiro atoms. The van der Waals surface area contributed by atoms with Crippen molar-refractivity contribution in [2.75, 3.05) is 24.2 Å². The maximum Gasteiger partial charge on any atom is 0.241 e. The standard InChI is InChI=1S/C15H25N3O2/c1-10(2)18(7-8-19)12(4)15(20)17-14-6-5-13(16)9-11(14)3/h5-6,9-10,12,19H,7-8,16H2,1-4H3,(H,17,20). The van der Waals surface area contributed by atoms with E-state index in [-0.39, 0.29) is 24.6 Å². The van der Waals surface area contributed by atoms with Gasteiger partial charge in [0.05, 0.1) is 12.6 Å². The van der Waals surface area contributed by atoms with E-state index in [0.29, 0.717) is 12.2 Å². The largest absolute Gasteiger partial charge is 0.399 e. The van der Waals surface area contributed by atoms with Crippen LogP contribution in [-0.4, -0.2) is 41.1 Å². The molecule has 0 aliphatic carbocycles. The molecule has 0 saturated heterocycles. The summed E-state index contributed by atoms with van der Waals surface area (Å²) in [6.45, 7) is 8.29. The smallest absolute Gasteiger partial charge is 0.241 e. The van der Waals surface area contributed by atoms with Gasteiger partial charge in [0, 0.05) is 24.0 Å². The molecule has 1 aromatic carbocycles. The highest BCUT2D eigenvalue weighted by Gasteiger charge is 2.23. The zero-order valence-corrected chi connectivity index (χ0v) is 12.7. The molecule has 0 bridgehead atoms. The molecule has 5 nitrogen and oxygen atoms in total. The molecule has 20 heavy (non-hydrogen) atoms. The molecule has 1 unspecified atom stereocenters.